The molecule has 0 aliphatic rings. The van der Waals surface area contributed by atoms with Crippen molar-refractivity contribution in [2.45, 2.75) is 33.0 Å². The lowest BCUT2D eigenvalue weighted by Gasteiger charge is -2.17. The molecule has 9 heteroatoms. The average molecular weight is 392 g/mol. The standard InChI is InChI=1S/C16H19Cl2NO6/c1-3-14(20)24-9(2)25-16(23)19-8-11(15(21)22)6-10-7-12(17)4-5-13(10)18/h4-5,7,9,11H,3,6,8H2,1-2H3,(H,19,23)(H,21,22)/t9-,11+/m1/s1. The summed E-state index contributed by atoms with van der Waals surface area (Å²) < 4.78 is 9.59. The normalized spacial score (nSPS) is 12.8. The van der Waals surface area contributed by atoms with Gasteiger partial charge in [-0.1, -0.05) is 30.1 Å². The number of halogens is 2. The van der Waals surface area contributed by atoms with E-state index in [9.17, 15) is 19.5 Å². The molecule has 0 saturated carbocycles. The summed E-state index contributed by atoms with van der Waals surface area (Å²) >= 11 is 11.9. The summed E-state index contributed by atoms with van der Waals surface area (Å²) in [7, 11) is 0. The zero-order valence-electron chi connectivity index (χ0n) is 13.8. The molecule has 1 rings (SSSR count). The fourth-order valence-corrected chi connectivity index (χ4v) is 2.29. The van der Waals surface area contributed by atoms with E-state index in [1.807, 2.05) is 0 Å². The molecule has 1 amide bonds. The largest absolute Gasteiger partial charge is 0.481 e. The molecule has 7 nitrogen and oxygen atoms in total. The molecule has 0 radical (unpaired) electrons. The van der Waals surface area contributed by atoms with E-state index in [1.54, 1.807) is 25.1 Å². The van der Waals surface area contributed by atoms with Crippen LogP contribution in [0.25, 0.3) is 0 Å². The maximum atomic E-state index is 11.7. The van der Waals surface area contributed by atoms with E-state index in [0.29, 0.717) is 15.6 Å². The number of carboxylic acids is 1. The minimum Gasteiger partial charge on any atom is -0.481 e. The Balaban J connectivity index is 2.58. The van der Waals surface area contributed by atoms with E-state index in [1.165, 1.54) is 6.92 Å². The molecule has 0 unspecified atom stereocenters. The Morgan fingerprint density at radius 2 is 1.92 bits per heavy atom. The van der Waals surface area contributed by atoms with Crippen LogP contribution >= 0.6 is 23.2 Å². The van der Waals surface area contributed by atoms with Gasteiger partial charge in [0.2, 0.25) is 6.29 Å². The van der Waals surface area contributed by atoms with Crippen LogP contribution in [0.5, 0.6) is 0 Å². The number of alkyl carbamates (subject to hydrolysis) is 1. The first-order valence-electron chi connectivity index (χ1n) is 7.53. The number of carbonyl (C=O) groups excluding carboxylic acids is 2. The Kier molecular flexibility index (Phi) is 8.51. The van der Waals surface area contributed by atoms with Crippen molar-refractivity contribution in [1.29, 1.82) is 0 Å². The highest BCUT2D eigenvalue weighted by Crippen LogP contribution is 2.23. The molecule has 0 aliphatic heterocycles. The van der Waals surface area contributed by atoms with Crippen LogP contribution in [0.15, 0.2) is 18.2 Å². The van der Waals surface area contributed by atoms with E-state index in [-0.39, 0.29) is 19.4 Å². The average Bonchev–Trinajstić information content (AvgIpc) is 2.53. The van der Waals surface area contributed by atoms with Crippen LogP contribution in [0.4, 0.5) is 4.79 Å². The van der Waals surface area contributed by atoms with E-state index >= 15 is 0 Å². The Bertz CT molecular complexity index is 637. The van der Waals surface area contributed by atoms with Gasteiger partial charge in [0.1, 0.15) is 0 Å². The second kappa shape index (κ2) is 10.1. The van der Waals surface area contributed by atoms with Crippen molar-refractivity contribution >= 4 is 41.2 Å². The van der Waals surface area contributed by atoms with Gasteiger partial charge < -0.3 is 19.9 Å². The molecule has 2 N–H and O–H groups in total. The number of nitrogens with one attached hydrogen (secondary N) is 1. The van der Waals surface area contributed by atoms with Crippen molar-refractivity contribution < 1.29 is 29.0 Å². The minimum absolute atomic E-state index is 0.0788. The molecule has 1 aromatic carbocycles. The maximum Gasteiger partial charge on any atom is 0.410 e. The molecule has 138 valence electrons. The summed E-state index contributed by atoms with van der Waals surface area (Å²) in [5.74, 6) is -2.56. The van der Waals surface area contributed by atoms with Gasteiger partial charge in [0, 0.05) is 29.9 Å². The van der Waals surface area contributed by atoms with Crippen LogP contribution in [-0.4, -0.2) is 36.0 Å². The molecule has 0 fully saturated rings. The van der Waals surface area contributed by atoms with Gasteiger partial charge in [0.15, 0.2) is 0 Å². The third-order valence-electron chi connectivity index (χ3n) is 3.18. The summed E-state index contributed by atoms with van der Waals surface area (Å²) in [5, 5.41) is 12.5. The quantitative estimate of drug-likeness (QED) is 0.520. The van der Waals surface area contributed by atoms with Crippen LogP contribution in [0, 0.1) is 5.92 Å². The van der Waals surface area contributed by atoms with Crippen molar-refractivity contribution in [3.63, 3.8) is 0 Å². The van der Waals surface area contributed by atoms with Crippen LogP contribution in [0.2, 0.25) is 10.0 Å². The van der Waals surface area contributed by atoms with E-state index in [0.717, 1.165) is 0 Å². The predicted octanol–water partition coefficient (Wildman–Crippen LogP) is 3.26. The molecule has 2 atom stereocenters. The highest BCUT2D eigenvalue weighted by atomic mass is 35.5. The lowest BCUT2D eigenvalue weighted by atomic mass is 9.99. The van der Waals surface area contributed by atoms with Gasteiger partial charge in [-0.2, -0.15) is 0 Å². The number of hydrogen-bond acceptors (Lipinski definition) is 5. The third kappa shape index (κ3) is 7.62. The predicted molar refractivity (Wildman–Crippen MR) is 91.6 cm³/mol. The summed E-state index contributed by atoms with van der Waals surface area (Å²) in [6.45, 7) is 2.80. The number of carbonyl (C=O) groups is 3. The molecule has 0 spiro atoms. The first-order chi connectivity index (χ1) is 11.7. The molecular formula is C16H19Cl2NO6. The van der Waals surface area contributed by atoms with Crippen LogP contribution in [0.3, 0.4) is 0 Å². The summed E-state index contributed by atoms with van der Waals surface area (Å²) in [5.41, 5.74) is 0.557. The Morgan fingerprint density at radius 1 is 1.24 bits per heavy atom. The fourth-order valence-electron chi connectivity index (χ4n) is 1.90. The molecule has 0 aliphatic carbocycles. The van der Waals surface area contributed by atoms with Gasteiger partial charge in [-0.25, -0.2) is 4.79 Å². The number of carboxylic acid groups (broad SMARTS) is 1. The molecule has 25 heavy (non-hydrogen) atoms. The number of rotatable bonds is 8. The molecule has 1 aromatic rings. The Morgan fingerprint density at radius 3 is 2.52 bits per heavy atom. The zero-order valence-corrected chi connectivity index (χ0v) is 15.3. The number of hydrogen-bond donors (Lipinski definition) is 2. The highest BCUT2D eigenvalue weighted by molar-refractivity contribution is 6.33. The lowest BCUT2D eigenvalue weighted by Crippen LogP contribution is -2.36. The number of amides is 1. The van der Waals surface area contributed by atoms with Crippen molar-refractivity contribution in [1.82, 2.24) is 5.32 Å². The number of esters is 1. The third-order valence-corrected chi connectivity index (χ3v) is 3.78. The van der Waals surface area contributed by atoms with Crippen molar-refractivity contribution in [3.05, 3.63) is 33.8 Å². The second-order valence-corrected chi connectivity index (χ2v) is 6.02. The minimum atomic E-state index is -1.11. The van der Waals surface area contributed by atoms with Gasteiger partial charge in [0.25, 0.3) is 0 Å². The monoisotopic (exact) mass is 391 g/mol. The topological polar surface area (TPSA) is 102 Å². The SMILES string of the molecule is CCC(=O)O[C@@H](C)OC(=O)NC[C@H](Cc1cc(Cl)ccc1Cl)C(=O)O. The molecule has 0 saturated heterocycles. The molecule has 0 bridgehead atoms. The molecular weight excluding hydrogens is 373 g/mol. The summed E-state index contributed by atoms with van der Waals surface area (Å²) in [4.78, 5) is 34.1. The van der Waals surface area contributed by atoms with E-state index < -0.39 is 30.2 Å². The molecule has 0 heterocycles. The Hall–Kier alpha value is -1.99. The number of ether oxygens (including phenoxy) is 2. The summed E-state index contributed by atoms with van der Waals surface area (Å²) in [6.07, 6.45) is -1.73. The van der Waals surface area contributed by atoms with E-state index in [4.69, 9.17) is 32.7 Å². The van der Waals surface area contributed by atoms with Crippen LogP contribution < -0.4 is 5.32 Å². The van der Waals surface area contributed by atoms with Crippen molar-refractivity contribution in [2.75, 3.05) is 6.54 Å². The highest BCUT2D eigenvalue weighted by Gasteiger charge is 2.21. The summed E-state index contributed by atoms with van der Waals surface area (Å²) in [6, 6.07) is 4.74. The van der Waals surface area contributed by atoms with E-state index in [2.05, 4.69) is 5.32 Å². The Labute approximate surface area is 155 Å². The van der Waals surface area contributed by atoms with Crippen LogP contribution in [0.1, 0.15) is 25.8 Å². The first kappa shape index (κ1) is 21.1. The van der Waals surface area contributed by atoms with Gasteiger partial charge in [-0.05, 0) is 30.2 Å². The van der Waals surface area contributed by atoms with Crippen molar-refractivity contribution in [3.8, 4) is 0 Å². The van der Waals surface area contributed by atoms with Gasteiger partial charge in [-0.3, -0.25) is 9.59 Å². The van der Waals surface area contributed by atoms with Gasteiger partial charge in [0.05, 0.1) is 5.92 Å². The smallest absolute Gasteiger partial charge is 0.410 e. The fraction of sp³-hybridized carbons (Fsp3) is 0.438. The first-order valence-corrected chi connectivity index (χ1v) is 8.29. The number of benzene rings is 1. The van der Waals surface area contributed by atoms with Gasteiger partial charge >= 0.3 is 18.0 Å². The molecule has 0 aromatic heterocycles. The van der Waals surface area contributed by atoms with Gasteiger partial charge in [-0.15, -0.1) is 0 Å². The van der Waals surface area contributed by atoms with Crippen molar-refractivity contribution in [2.24, 2.45) is 5.92 Å². The van der Waals surface area contributed by atoms with Crippen LogP contribution in [-0.2, 0) is 25.5 Å². The number of aliphatic carboxylic acids is 1. The maximum absolute atomic E-state index is 11.7. The zero-order chi connectivity index (χ0) is 19.0. The lowest BCUT2D eigenvalue weighted by molar-refractivity contribution is -0.164. The second-order valence-electron chi connectivity index (χ2n) is 5.17.